The highest BCUT2D eigenvalue weighted by atomic mass is 35.5. The lowest BCUT2D eigenvalue weighted by atomic mass is 9.78. The molecule has 2 aromatic rings. The first-order valence-corrected chi connectivity index (χ1v) is 12.3. The van der Waals surface area contributed by atoms with Crippen molar-refractivity contribution in [2.75, 3.05) is 32.8 Å². The highest BCUT2D eigenvalue weighted by Crippen LogP contribution is 2.40. The third kappa shape index (κ3) is 6.74. The second kappa shape index (κ2) is 10.1. The summed E-state index contributed by atoms with van der Waals surface area (Å²) in [6.07, 6.45) is 0. The first kappa shape index (κ1) is 25.6. The molecule has 0 radical (unpaired) electrons. The van der Waals surface area contributed by atoms with Crippen molar-refractivity contribution in [1.82, 2.24) is 9.80 Å². The Hall–Kier alpha value is -2.04. The number of hydrogen-bond acceptors (Lipinski definition) is 3. The van der Waals surface area contributed by atoms with Crippen LogP contribution in [0.2, 0.25) is 5.02 Å². The summed E-state index contributed by atoms with van der Waals surface area (Å²) < 4.78 is 6.31. The molecule has 4 nitrogen and oxygen atoms in total. The molecule has 1 fully saturated rings. The lowest BCUT2D eigenvalue weighted by molar-refractivity contribution is -0.135. The van der Waals surface area contributed by atoms with E-state index in [1.165, 1.54) is 11.1 Å². The minimum absolute atomic E-state index is 0.0569. The summed E-state index contributed by atoms with van der Waals surface area (Å²) in [5.41, 5.74) is 4.64. The molecule has 1 amide bonds. The zero-order valence-electron chi connectivity index (χ0n) is 21.3. The van der Waals surface area contributed by atoms with Crippen LogP contribution in [-0.4, -0.2) is 48.5 Å². The number of carbonyl (C=O) groups is 1. The van der Waals surface area contributed by atoms with E-state index in [1.54, 1.807) is 0 Å². The van der Waals surface area contributed by atoms with Gasteiger partial charge in [-0.2, -0.15) is 0 Å². The number of rotatable bonds is 5. The highest BCUT2D eigenvalue weighted by Gasteiger charge is 2.29. The van der Waals surface area contributed by atoms with Crippen LogP contribution in [0.15, 0.2) is 36.4 Å². The second-order valence-electron chi connectivity index (χ2n) is 11.3. The van der Waals surface area contributed by atoms with Crippen molar-refractivity contribution >= 4 is 17.5 Å². The molecule has 2 aromatic carbocycles. The van der Waals surface area contributed by atoms with Gasteiger partial charge in [-0.25, -0.2) is 0 Å². The van der Waals surface area contributed by atoms with Crippen LogP contribution < -0.4 is 4.74 Å². The second-order valence-corrected chi connectivity index (χ2v) is 11.7. The molecule has 180 valence electrons. The third-order valence-electron chi connectivity index (χ3n) is 6.23. The van der Waals surface area contributed by atoms with Crippen LogP contribution in [0.3, 0.4) is 0 Å². The molecule has 0 aliphatic carbocycles. The molecule has 0 atom stereocenters. The Labute approximate surface area is 204 Å². The van der Waals surface area contributed by atoms with E-state index in [0.29, 0.717) is 0 Å². The van der Waals surface area contributed by atoms with Gasteiger partial charge in [-0.3, -0.25) is 9.69 Å². The quantitative estimate of drug-likeness (QED) is 0.539. The number of aryl methyl sites for hydroxylation is 1. The van der Waals surface area contributed by atoms with Crippen LogP contribution in [0.1, 0.15) is 63.8 Å². The van der Waals surface area contributed by atoms with E-state index >= 15 is 0 Å². The summed E-state index contributed by atoms with van der Waals surface area (Å²) >= 11 is 5.99. The van der Waals surface area contributed by atoms with Gasteiger partial charge < -0.3 is 9.64 Å². The zero-order chi connectivity index (χ0) is 24.4. The molecular weight excluding hydrogens is 432 g/mol. The smallest absolute Gasteiger partial charge is 0.260 e. The van der Waals surface area contributed by atoms with Crippen LogP contribution in [0.4, 0.5) is 0 Å². The summed E-state index contributed by atoms with van der Waals surface area (Å²) in [6.45, 7) is 19.4. The number of piperazine rings is 1. The first-order valence-electron chi connectivity index (χ1n) is 11.9. The maximum Gasteiger partial charge on any atom is 0.260 e. The molecule has 1 heterocycles. The first-order chi connectivity index (χ1) is 15.3. The van der Waals surface area contributed by atoms with Gasteiger partial charge in [0.1, 0.15) is 5.75 Å². The minimum atomic E-state index is -0.0717. The van der Waals surface area contributed by atoms with Crippen molar-refractivity contribution in [1.29, 1.82) is 0 Å². The summed E-state index contributed by atoms with van der Waals surface area (Å²) in [5.74, 6) is 0.928. The number of nitrogens with zero attached hydrogens (tertiary/aromatic N) is 2. The van der Waals surface area contributed by atoms with Crippen LogP contribution in [0.5, 0.6) is 5.75 Å². The fraction of sp³-hybridized carbons (Fsp3) is 0.536. The number of halogens is 1. The highest BCUT2D eigenvalue weighted by molar-refractivity contribution is 6.30. The van der Waals surface area contributed by atoms with E-state index in [-0.39, 0.29) is 23.3 Å². The molecule has 0 bridgehead atoms. The van der Waals surface area contributed by atoms with Crippen LogP contribution in [0, 0.1) is 6.92 Å². The van der Waals surface area contributed by atoms with Crippen molar-refractivity contribution in [3.8, 4) is 5.75 Å². The monoisotopic (exact) mass is 470 g/mol. The van der Waals surface area contributed by atoms with Crippen LogP contribution in [-0.2, 0) is 22.2 Å². The molecule has 1 aliphatic rings. The van der Waals surface area contributed by atoms with E-state index < -0.39 is 0 Å². The Morgan fingerprint density at radius 2 is 1.42 bits per heavy atom. The topological polar surface area (TPSA) is 32.8 Å². The SMILES string of the molecule is Cc1cc(C(C)(C)C)c(OCC(=O)N2CCN(Cc3ccc(Cl)cc3)CC2)c(C(C)(C)C)c1. The van der Waals surface area contributed by atoms with Crippen molar-refractivity contribution in [3.63, 3.8) is 0 Å². The molecular formula is C28H39ClN2O2. The Kier molecular flexibility index (Phi) is 7.80. The van der Waals surface area contributed by atoms with Gasteiger partial charge in [0.2, 0.25) is 0 Å². The van der Waals surface area contributed by atoms with Crippen molar-refractivity contribution in [2.45, 2.75) is 65.8 Å². The van der Waals surface area contributed by atoms with Crippen molar-refractivity contribution < 1.29 is 9.53 Å². The van der Waals surface area contributed by atoms with Gasteiger partial charge in [0.25, 0.3) is 5.91 Å². The summed E-state index contributed by atoms with van der Waals surface area (Å²) in [4.78, 5) is 17.3. The molecule has 3 rings (SSSR count). The maximum atomic E-state index is 13.0. The number of ether oxygens (including phenoxy) is 1. The Morgan fingerprint density at radius 1 is 0.909 bits per heavy atom. The number of carbonyl (C=O) groups excluding carboxylic acids is 1. The van der Waals surface area contributed by atoms with E-state index in [9.17, 15) is 4.79 Å². The predicted octanol–water partition coefficient (Wildman–Crippen LogP) is 5.97. The van der Waals surface area contributed by atoms with E-state index in [4.69, 9.17) is 16.3 Å². The van der Waals surface area contributed by atoms with Crippen LogP contribution >= 0.6 is 11.6 Å². The lowest BCUT2D eigenvalue weighted by Gasteiger charge is -2.35. The van der Waals surface area contributed by atoms with Crippen molar-refractivity contribution in [3.05, 3.63) is 63.7 Å². The zero-order valence-corrected chi connectivity index (χ0v) is 22.1. The standard InChI is InChI=1S/C28H39ClN2O2/c1-20-16-23(27(2,3)4)26(24(17-20)28(5,6)7)33-19-25(32)31-14-12-30(13-15-31)18-21-8-10-22(29)11-9-21/h8-11,16-17H,12-15,18-19H2,1-7H3. The average Bonchev–Trinajstić information content (AvgIpc) is 2.73. The Bertz CT molecular complexity index is 928. The summed E-state index contributed by atoms with van der Waals surface area (Å²) in [7, 11) is 0. The number of benzene rings is 2. The van der Waals surface area contributed by atoms with Gasteiger partial charge in [0, 0.05) is 48.9 Å². The Balaban J connectivity index is 1.65. The molecule has 0 unspecified atom stereocenters. The molecule has 0 aromatic heterocycles. The Morgan fingerprint density at radius 3 is 1.91 bits per heavy atom. The largest absolute Gasteiger partial charge is 0.483 e. The minimum Gasteiger partial charge on any atom is -0.483 e. The van der Waals surface area contributed by atoms with E-state index in [2.05, 4.69) is 77.6 Å². The fourth-order valence-electron chi connectivity index (χ4n) is 4.27. The predicted molar refractivity (Wildman–Crippen MR) is 137 cm³/mol. The average molecular weight is 471 g/mol. The molecule has 0 saturated carbocycles. The molecule has 0 spiro atoms. The third-order valence-corrected chi connectivity index (χ3v) is 6.49. The molecule has 0 N–H and O–H groups in total. The molecule has 1 aliphatic heterocycles. The van der Waals surface area contributed by atoms with E-state index in [0.717, 1.165) is 54.6 Å². The molecule has 1 saturated heterocycles. The van der Waals surface area contributed by atoms with Gasteiger partial charge in [0.05, 0.1) is 0 Å². The molecule has 33 heavy (non-hydrogen) atoms. The van der Waals surface area contributed by atoms with Gasteiger partial charge in [-0.05, 0) is 35.4 Å². The van der Waals surface area contributed by atoms with Gasteiger partial charge in [-0.1, -0.05) is 83.0 Å². The van der Waals surface area contributed by atoms with Gasteiger partial charge in [0.15, 0.2) is 6.61 Å². The van der Waals surface area contributed by atoms with E-state index in [1.807, 2.05) is 17.0 Å². The summed E-state index contributed by atoms with van der Waals surface area (Å²) in [5, 5.41) is 0.756. The number of amides is 1. The maximum absolute atomic E-state index is 13.0. The van der Waals surface area contributed by atoms with Gasteiger partial charge in [-0.15, -0.1) is 0 Å². The normalized spacial score (nSPS) is 15.6. The molecule has 5 heteroatoms. The van der Waals surface area contributed by atoms with Crippen LogP contribution in [0.25, 0.3) is 0 Å². The summed E-state index contributed by atoms with van der Waals surface area (Å²) in [6, 6.07) is 12.4. The number of hydrogen-bond donors (Lipinski definition) is 0. The lowest BCUT2D eigenvalue weighted by Crippen LogP contribution is -2.49. The van der Waals surface area contributed by atoms with Crippen molar-refractivity contribution in [2.24, 2.45) is 0 Å². The van der Waals surface area contributed by atoms with Gasteiger partial charge >= 0.3 is 0 Å². The fourth-order valence-corrected chi connectivity index (χ4v) is 4.40.